The number of rotatable bonds is 5. The number of fused-ring (bicyclic) bond motifs is 1. The molecule has 1 unspecified atom stereocenters. The second-order valence-corrected chi connectivity index (χ2v) is 8.73. The van der Waals surface area contributed by atoms with E-state index in [2.05, 4.69) is 15.0 Å². The van der Waals surface area contributed by atoms with Crippen molar-refractivity contribution in [2.45, 2.75) is 18.9 Å². The average molecular weight is 449 g/mol. The molecule has 2 aromatic carbocycles. The van der Waals surface area contributed by atoms with Crippen LogP contribution < -0.4 is 0 Å². The van der Waals surface area contributed by atoms with Crippen LogP contribution in [0.15, 0.2) is 60.9 Å². The number of aryl methyl sites for hydroxylation is 1. The van der Waals surface area contributed by atoms with Crippen LogP contribution in [0, 0.1) is 5.82 Å². The van der Waals surface area contributed by atoms with Gasteiger partial charge in [0.2, 0.25) is 5.91 Å². The van der Waals surface area contributed by atoms with E-state index in [0.29, 0.717) is 49.5 Å². The number of ether oxygens (including phenoxy) is 1. The number of hydrogen-bond donors (Lipinski definition) is 0. The van der Waals surface area contributed by atoms with Crippen molar-refractivity contribution < 1.29 is 13.9 Å². The predicted molar refractivity (Wildman–Crippen MR) is 121 cm³/mol. The minimum absolute atomic E-state index is 0.0757. The van der Waals surface area contributed by atoms with E-state index in [9.17, 15) is 9.18 Å². The largest absolute Gasteiger partial charge is 0.368 e. The Morgan fingerprint density at radius 2 is 2.06 bits per heavy atom. The van der Waals surface area contributed by atoms with Crippen LogP contribution in [0.3, 0.4) is 0 Å². The predicted octanol–water partition coefficient (Wildman–Crippen LogP) is 4.43. The maximum Gasteiger partial charge on any atom is 0.223 e. The number of halogens is 1. The van der Waals surface area contributed by atoms with Gasteiger partial charge in [-0.05, 0) is 24.3 Å². The highest BCUT2D eigenvalue weighted by atomic mass is 32.1. The number of aromatic nitrogens is 3. The SMILES string of the molecule is O=C(CCc1nc2ccccc2s1)N1CCOC(c2cncc(-c3cccc(F)c3)n2)C1. The number of benzene rings is 2. The number of morpholine rings is 1. The van der Waals surface area contributed by atoms with Crippen LogP contribution >= 0.6 is 11.3 Å². The fourth-order valence-electron chi connectivity index (χ4n) is 3.78. The Hall–Kier alpha value is -3.23. The van der Waals surface area contributed by atoms with E-state index in [-0.39, 0.29) is 17.8 Å². The summed E-state index contributed by atoms with van der Waals surface area (Å²) in [5.74, 6) is -0.250. The molecule has 1 aliphatic heterocycles. The van der Waals surface area contributed by atoms with E-state index >= 15 is 0 Å². The van der Waals surface area contributed by atoms with Crippen LogP contribution in [0.5, 0.6) is 0 Å². The van der Waals surface area contributed by atoms with Gasteiger partial charge in [0.15, 0.2) is 0 Å². The van der Waals surface area contributed by atoms with Crippen molar-refractivity contribution in [1.82, 2.24) is 19.9 Å². The second-order valence-electron chi connectivity index (χ2n) is 7.61. The third-order valence-electron chi connectivity index (χ3n) is 5.41. The molecule has 2 aromatic heterocycles. The van der Waals surface area contributed by atoms with E-state index in [1.807, 2.05) is 29.2 Å². The van der Waals surface area contributed by atoms with E-state index in [4.69, 9.17) is 4.74 Å². The van der Waals surface area contributed by atoms with Gasteiger partial charge in [-0.3, -0.25) is 9.78 Å². The zero-order valence-corrected chi connectivity index (χ0v) is 18.1. The van der Waals surface area contributed by atoms with E-state index in [0.717, 1.165) is 15.2 Å². The van der Waals surface area contributed by atoms with Crippen LogP contribution in [0.1, 0.15) is 23.2 Å². The fraction of sp³-hybridized carbons (Fsp3) is 0.250. The molecule has 4 aromatic rings. The fourth-order valence-corrected chi connectivity index (χ4v) is 4.74. The molecule has 8 heteroatoms. The Bertz CT molecular complexity index is 1230. The van der Waals surface area contributed by atoms with Gasteiger partial charge in [-0.25, -0.2) is 14.4 Å². The highest BCUT2D eigenvalue weighted by Crippen LogP contribution is 2.25. The maximum atomic E-state index is 13.6. The molecule has 0 aliphatic carbocycles. The number of amides is 1. The van der Waals surface area contributed by atoms with Crippen LogP contribution in [-0.4, -0.2) is 45.5 Å². The number of thiazole rings is 1. The van der Waals surface area contributed by atoms with Crippen molar-refractivity contribution in [3.05, 3.63) is 77.4 Å². The van der Waals surface area contributed by atoms with E-state index in [1.54, 1.807) is 35.9 Å². The molecule has 1 fully saturated rings. The third-order valence-corrected chi connectivity index (χ3v) is 6.51. The van der Waals surface area contributed by atoms with Gasteiger partial charge in [0.25, 0.3) is 0 Å². The summed E-state index contributed by atoms with van der Waals surface area (Å²) in [4.78, 5) is 28.2. The van der Waals surface area contributed by atoms with Gasteiger partial charge in [0.05, 0.1) is 52.2 Å². The van der Waals surface area contributed by atoms with Crippen LogP contribution in [0.2, 0.25) is 0 Å². The van der Waals surface area contributed by atoms with Gasteiger partial charge in [-0.1, -0.05) is 24.3 Å². The standard InChI is InChI=1S/C24H21FN4O2S/c25-17-5-3-4-16(12-17)19-13-26-14-20(27-19)21-15-29(10-11-31-21)24(30)9-8-23-28-18-6-1-2-7-22(18)32-23/h1-7,12-14,21H,8-11,15H2. The number of nitrogens with zero attached hydrogens (tertiary/aromatic N) is 4. The molecule has 1 saturated heterocycles. The molecular weight excluding hydrogens is 427 g/mol. The summed E-state index contributed by atoms with van der Waals surface area (Å²) in [5, 5.41) is 0.970. The zero-order valence-electron chi connectivity index (χ0n) is 17.3. The van der Waals surface area contributed by atoms with E-state index < -0.39 is 0 Å². The molecule has 3 heterocycles. The molecule has 5 rings (SSSR count). The van der Waals surface area contributed by atoms with Crippen molar-refractivity contribution in [3.63, 3.8) is 0 Å². The van der Waals surface area contributed by atoms with Crippen LogP contribution in [-0.2, 0) is 16.0 Å². The number of hydrogen-bond acceptors (Lipinski definition) is 6. The van der Waals surface area contributed by atoms with Crippen molar-refractivity contribution in [3.8, 4) is 11.3 Å². The Balaban J connectivity index is 1.25. The van der Waals surface area contributed by atoms with Gasteiger partial charge in [-0.2, -0.15) is 0 Å². The van der Waals surface area contributed by atoms with Crippen LogP contribution in [0.25, 0.3) is 21.5 Å². The quantitative estimate of drug-likeness (QED) is 0.452. The summed E-state index contributed by atoms with van der Waals surface area (Å²) in [6.45, 7) is 1.40. The molecule has 0 N–H and O–H groups in total. The van der Waals surface area contributed by atoms with Gasteiger partial charge >= 0.3 is 0 Å². The highest BCUT2D eigenvalue weighted by molar-refractivity contribution is 7.18. The summed E-state index contributed by atoms with van der Waals surface area (Å²) in [5.41, 5.74) is 2.84. The third kappa shape index (κ3) is 4.51. The molecule has 162 valence electrons. The van der Waals surface area contributed by atoms with Crippen molar-refractivity contribution >= 4 is 27.5 Å². The smallest absolute Gasteiger partial charge is 0.223 e. The summed E-state index contributed by atoms with van der Waals surface area (Å²) >= 11 is 1.63. The first-order valence-electron chi connectivity index (χ1n) is 10.5. The Morgan fingerprint density at radius 1 is 1.16 bits per heavy atom. The molecule has 0 bridgehead atoms. The van der Waals surface area contributed by atoms with Gasteiger partial charge in [0.1, 0.15) is 11.9 Å². The first-order valence-corrected chi connectivity index (χ1v) is 11.3. The molecule has 1 aliphatic rings. The van der Waals surface area contributed by atoms with Gasteiger partial charge < -0.3 is 9.64 Å². The maximum absolute atomic E-state index is 13.6. The first kappa shape index (κ1) is 20.7. The average Bonchev–Trinajstić information content (AvgIpc) is 3.26. The molecule has 32 heavy (non-hydrogen) atoms. The number of carbonyl (C=O) groups is 1. The molecule has 0 saturated carbocycles. The summed E-state index contributed by atoms with van der Waals surface area (Å²) < 4.78 is 20.6. The molecule has 0 radical (unpaired) electrons. The van der Waals surface area contributed by atoms with Crippen molar-refractivity contribution in [2.75, 3.05) is 19.7 Å². The lowest BCUT2D eigenvalue weighted by Gasteiger charge is -2.32. The van der Waals surface area contributed by atoms with E-state index in [1.165, 1.54) is 12.1 Å². The minimum atomic E-state index is -0.365. The Morgan fingerprint density at radius 3 is 2.94 bits per heavy atom. The zero-order chi connectivity index (χ0) is 21.9. The first-order chi connectivity index (χ1) is 15.7. The second kappa shape index (κ2) is 9.10. The molecule has 6 nitrogen and oxygen atoms in total. The lowest BCUT2D eigenvalue weighted by atomic mass is 10.1. The number of carbonyl (C=O) groups excluding carboxylic acids is 1. The lowest BCUT2D eigenvalue weighted by Crippen LogP contribution is -2.42. The highest BCUT2D eigenvalue weighted by Gasteiger charge is 2.27. The Kier molecular flexibility index (Phi) is 5.87. The van der Waals surface area contributed by atoms with Gasteiger partial charge in [-0.15, -0.1) is 11.3 Å². The van der Waals surface area contributed by atoms with Gasteiger partial charge in [0, 0.05) is 24.9 Å². The normalized spacial score (nSPS) is 16.4. The van der Waals surface area contributed by atoms with Crippen molar-refractivity contribution in [1.29, 1.82) is 0 Å². The minimum Gasteiger partial charge on any atom is -0.368 e. The van der Waals surface area contributed by atoms with Crippen molar-refractivity contribution in [2.24, 2.45) is 0 Å². The molecule has 0 spiro atoms. The topological polar surface area (TPSA) is 68.2 Å². The van der Waals surface area contributed by atoms with Crippen LogP contribution in [0.4, 0.5) is 4.39 Å². The number of para-hydroxylation sites is 1. The lowest BCUT2D eigenvalue weighted by molar-refractivity contribution is -0.139. The molecular formula is C24H21FN4O2S. The Labute approximate surface area is 188 Å². The molecule has 1 atom stereocenters. The summed E-state index contributed by atoms with van der Waals surface area (Å²) in [7, 11) is 0. The monoisotopic (exact) mass is 448 g/mol. The summed E-state index contributed by atoms with van der Waals surface area (Å²) in [6, 6.07) is 14.2. The summed E-state index contributed by atoms with van der Waals surface area (Å²) in [6.07, 6.45) is 3.90. The molecule has 1 amide bonds.